The standard InChI is InChI=1S/C18H21Cl2N3O/c1-12-9-13(2)23(21-12)11-14-5-7-22(8-6-14)18(24)16-4-3-15(19)10-17(16)20/h3-4,9-10,14H,5-8,11H2,1-2H3. The van der Waals surface area contributed by atoms with E-state index in [0.29, 0.717) is 21.5 Å². The SMILES string of the molecule is Cc1cc(C)n(CC2CCN(C(=O)c3ccc(Cl)cc3Cl)CC2)n1. The molecule has 2 aromatic rings. The first-order valence-electron chi connectivity index (χ1n) is 8.19. The number of aromatic nitrogens is 2. The van der Waals surface area contributed by atoms with Gasteiger partial charge in [-0.25, -0.2) is 0 Å². The fourth-order valence-corrected chi connectivity index (χ4v) is 3.75. The fraction of sp³-hybridized carbons (Fsp3) is 0.444. The molecule has 1 aliphatic rings. The number of likely N-dealkylation sites (tertiary alicyclic amines) is 1. The Balaban J connectivity index is 1.60. The summed E-state index contributed by atoms with van der Waals surface area (Å²) < 4.78 is 2.08. The van der Waals surface area contributed by atoms with Crippen LogP contribution in [0.3, 0.4) is 0 Å². The molecule has 2 heterocycles. The maximum atomic E-state index is 12.6. The minimum absolute atomic E-state index is 0.0127. The van der Waals surface area contributed by atoms with Crippen molar-refractivity contribution in [3.05, 3.63) is 51.3 Å². The first-order valence-corrected chi connectivity index (χ1v) is 8.95. The van der Waals surface area contributed by atoms with Gasteiger partial charge >= 0.3 is 0 Å². The average molecular weight is 366 g/mol. The maximum Gasteiger partial charge on any atom is 0.255 e. The van der Waals surface area contributed by atoms with Crippen LogP contribution >= 0.6 is 23.2 Å². The fourth-order valence-electron chi connectivity index (χ4n) is 3.26. The van der Waals surface area contributed by atoms with Crippen LogP contribution in [0.15, 0.2) is 24.3 Å². The number of carbonyl (C=O) groups is 1. The number of amides is 1. The third-order valence-corrected chi connectivity index (χ3v) is 5.15. The second-order valence-corrected chi connectivity index (χ2v) is 7.31. The van der Waals surface area contributed by atoms with E-state index < -0.39 is 0 Å². The molecule has 0 N–H and O–H groups in total. The molecule has 0 radical (unpaired) electrons. The van der Waals surface area contributed by atoms with E-state index in [2.05, 4.69) is 22.8 Å². The summed E-state index contributed by atoms with van der Waals surface area (Å²) in [7, 11) is 0. The van der Waals surface area contributed by atoms with Gasteiger partial charge in [0.25, 0.3) is 5.91 Å². The van der Waals surface area contributed by atoms with E-state index in [1.165, 1.54) is 5.69 Å². The third kappa shape index (κ3) is 3.76. The summed E-state index contributed by atoms with van der Waals surface area (Å²) in [6.07, 6.45) is 1.96. The predicted molar refractivity (Wildman–Crippen MR) is 96.8 cm³/mol. The van der Waals surface area contributed by atoms with Gasteiger partial charge < -0.3 is 4.90 Å². The highest BCUT2D eigenvalue weighted by atomic mass is 35.5. The molecule has 0 bridgehead atoms. The van der Waals surface area contributed by atoms with Crippen LogP contribution in [-0.4, -0.2) is 33.7 Å². The lowest BCUT2D eigenvalue weighted by atomic mass is 9.96. The molecule has 1 aromatic carbocycles. The summed E-state index contributed by atoms with van der Waals surface area (Å²) in [5, 5.41) is 5.49. The van der Waals surface area contributed by atoms with Gasteiger partial charge in [0.15, 0.2) is 0 Å². The molecule has 1 amide bonds. The van der Waals surface area contributed by atoms with Crippen LogP contribution in [0.5, 0.6) is 0 Å². The molecule has 0 saturated carbocycles. The Hall–Kier alpha value is -1.52. The number of halogens is 2. The van der Waals surface area contributed by atoms with E-state index in [0.717, 1.165) is 38.2 Å². The van der Waals surface area contributed by atoms with Gasteiger partial charge in [-0.3, -0.25) is 9.48 Å². The molecular weight excluding hydrogens is 345 g/mol. The highest BCUT2D eigenvalue weighted by Gasteiger charge is 2.25. The van der Waals surface area contributed by atoms with Crippen molar-refractivity contribution in [3.8, 4) is 0 Å². The summed E-state index contributed by atoms with van der Waals surface area (Å²) in [4.78, 5) is 14.5. The molecule has 0 aliphatic carbocycles. The van der Waals surface area contributed by atoms with Gasteiger partial charge in [-0.1, -0.05) is 23.2 Å². The van der Waals surface area contributed by atoms with Crippen LogP contribution in [-0.2, 0) is 6.54 Å². The highest BCUT2D eigenvalue weighted by molar-refractivity contribution is 6.36. The number of nitrogens with zero attached hydrogens (tertiary/aromatic N) is 3. The zero-order chi connectivity index (χ0) is 17.3. The Labute approximate surface area is 152 Å². The topological polar surface area (TPSA) is 38.1 Å². The van der Waals surface area contributed by atoms with Crippen molar-refractivity contribution in [2.75, 3.05) is 13.1 Å². The molecule has 1 aromatic heterocycles. The van der Waals surface area contributed by atoms with E-state index >= 15 is 0 Å². The molecule has 1 saturated heterocycles. The number of piperidine rings is 1. The van der Waals surface area contributed by atoms with E-state index in [1.807, 2.05) is 11.8 Å². The zero-order valence-electron chi connectivity index (χ0n) is 13.9. The molecule has 24 heavy (non-hydrogen) atoms. The van der Waals surface area contributed by atoms with Gasteiger partial charge in [-0.05, 0) is 56.9 Å². The van der Waals surface area contributed by atoms with Gasteiger partial charge in [0.2, 0.25) is 0 Å². The highest BCUT2D eigenvalue weighted by Crippen LogP contribution is 2.25. The largest absolute Gasteiger partial charge is 0.339 e. The quantitative estimate of drug-likeness (QED) is 0.810. The number of hydrogen-bond donors (Lipinski definition) is 0. The van der Waals surface area contributed by atoms with Crippen LogP contribution in [0.25, 0.3) is 0 Å². The zero-order valence-corrected chi connectivity index (χ0v) is 15.4. The first-order chi connectivity index (χ1) is 11.4. The Morgan fingerprint density at radius 3 is 2.50 bits per heavy atom. The van der Waals surface area contributed by atoms with Gasteiger partial charge in [-0.15, -0.1) is 0 Å². The van der Waals surface area contributed by atoms with E-state index in [4.69, 9.17) is 23.2 Å². The summed E-state index contributed by atoms with van der Waals surface area (Å²) >= 11 is 12.1. The predicted octanol–water partition coefficient (Wildman–Crippen LogP) is 4.36. The molecule has 0 atom stereocenters. The lowest BCUT2D eigenvalue weighted by Gasteiger charge is -2.32. The molecule has 128 valence electrons. The van der Waals surface area contributed by atoms with E-state index in [9.17, 15) is 4.79 Å². The summed E-state index contributed by atoms with van der Waals surface area (Å²) in [6.45, 7) is 6.52. The molecular formula is C18H21Cl2N3O. The molecule has 0 unspecified atom stereocenters. The van der Waals surface area contributed by atoms with Crippen molar-refractivity contribution in [1.29, 1.82) is 0 Å². The molecule has 6 heteroatoms. The van der Waals surface area contributed by atoms with Crippen molar-refractivity contribution >= 4 is 29.1 Å². The number of carbonyl (C=O) groups excluding carboxylic acids is 1. The van der Waals surface area contributed by atoms with Crippen LogP contribution in [0.2, 0.25) is 10.0 Å². The Bertz CT molecular complexity index is 749. The number of hydrogen-bond acceptors (Lipinski definition) is 2. The second-order valence-electron chi connectivity index (χ2n) is 6.47. The lowest BCUT2D eigenvalue weighted by Crippen LogP contribution is -2.39. The first kappa shape index (κ1) is 17.3. The monoisotopic (exact) mass is 365 g/mol. The Morgan fingerprint density at radius 2 is 1.92 bits per heavy atom. The molecule has 1 fully saturated rings. The summed E-state index contributed by atoms with van der Waals surface area (Å²) in [5.74, 6) is 0.536. The molecule has 3 rings (SSSR count). The van der Waals surface area contributed by atoms with Crippen molar-refractivity contribution in [2.24, 2.45) is 5.92 Å². The third-order valence-electron chi connectivity index (χ3n) is 4.60. The average Bonchev–Trinajstić information content (AvgIpc) is 2.85. The smallest absolute Gasteiger partial charge is 0.255 e. The normalized spacial score (nSPS) is 15.8. The second kappa shape index (κ2) is 7.16. The van der Waals surface area contributed by atoms with Crippen LogP contribution in [0.4, 0.5) is 0 Å². The summed E-state index contributed by atoms with van der Waals surface area (Å²) in [5.41, 5.74) is 2.77. The van der Waals surface area contributed by atoms with Gasteiger partial charge in [0, 0.05) is 30.4 Å². The van der Waals surface area contributed by atoms with Gasteiger partial charge in [0.05, 0.1) is 16.3 Å². The Kier molecular flexibility index (Phi) is 5.16. The van der Waals surface area contributed by atoms with Crippen molar-refractivity contribution in [3.63, 3.8) is 0 Å². The molecule has 1 aliphatic heterocycles. The number of benzene rings is 1. The maximum absolute atomic E-state index is 12.6. The van der Waals surface area contributed by atoms with E-state index in [-0.39, 0.29) is 5.91 Å². The lowest BCUT2D eigenvalue weighted by molar-refractivity contribution is 0.0681. The van der Waals surface area contributed by atoms with Crippen LogP contribution < -0.4 is 0 Å². The van der Waals surface area contributed by atoms with E-state index in [1.54, 1.807) is 18.2 Å². The van der Waals surface area contributed by atoms with Crippen LogP contribution in [0, 0.1) is 19.8 Å². The van der Waals surface area contributed by atoms with Crippen LogP contribution in [0.1, 0.15) is 34.6 Å². The molecule has 4 nitrogen and oxygen atoms in total. The van der Waals surface area contributed by atoms with Gasteiger partial charge in [-0.2, -0.15) is 5.10 Å². The number of aryl methyl sites for hydroxylation is 2. The summed E-state index contributed by atoms with van der Waals surface area (Å²) in [6, 6.07) is 7.12. The van der Waals surface area contributed by atoms with Gasteiger partial charge in [0.1, 0.15) is 0 Å². The minimum atomic E-state index is -0.0127. The molecule has 0 spiro atoms. The minimum Gasteiger partial charge on any atom is -0.339 e. The van der Waals surface area contributed by atoms with Crippen molar-refractivity contribution in [2.45, 2.75) is 33.2 Å². The number of rotatable bonds is 3. The van der Waals surface area contributed by atoms with Crippen molar-refractivity contribution < 1.29 is 4.79 Å². The van der Waals surface area contributed by atoms with Crippen molar-refractivity contribution in [1.82, 2.24) is 14.7 Å². The Morgan fingerprint density at radius 1 is 1.21 bits per heavy atom.